The van der Waals surface area contributed by atoms with E-state index in [0.29, 0.717) is 24.6 Å². The molecule has 4 atom stereocenters. The Bertz CT molecular complexity index is 1700. The maximum atomic E-state index is 12.5. The Labute approximate surface area is 337 Å². The van der Waals surface area contributed by atoms with Crippen LogP contribution in [0, 0.1) is 0 Å². The minimum atomic E-state index is -0.704. The normalized spacial score (nSPS) is 21.8. The lowest BCUT2D eigenvalue weighted by Crippen LogP contribution is -2.52. The second kappa shape index (κ2) is 18.0. The van der Waals surface area contributed by atoms with Crippen LogP contribution in [0.4, 0.5) is 21.0 Å². The molecule has 2 fully saturated rings. The highest BCUT2D eigenvalue weighted by molar-refractivity contribution is 9.11. The van der Waals surface area contributed by atoms with Gasteiger partial charge in [-0.05, 0) is 107 Å². The minimum absolute atomic E-state index is 0.293. The van der Waals surface area contributed by atoms with Crippen molar-refractivity contribution in [3.05, 3.63) is 126 Å². The molecule has 0 aromatic heterocycles. The standard InChI is InChI=1S/2C19H20Br2N2O3/c2*1-19(2)25-11-16(17(26-19)12-6-4-3-5-7-12)23-18(24)22-15-9-8-13(20)10-14(15)21/h2*3-10,16-17H,11H2,1-2H3,(H2,22,23,24)/t2*16-,17-/m00/s1. The molecule has 2 heterocycles. The Hall–Kier alpha value is -2.82. The van der Waals surface area contributed by atoms with Crippen molar-refractivity contribution in [3.8, 4) is 0 Å². The van der Waals surface area contributed by atoms with Crippen LogP contribution in [0.3, 0.4) is 0 Å². The minimum Gasteiger partial charge on any atom is -0.348 e. The van der Waals surface area contributed by atoms with Crippen molar-refractivity contribution in [1.29, 1.82) is 0 Å². The topological polar surface area (TPSA) is 119 Å². The molecule has 0 radical (unpaired) electrons. The first kappa shape index (κ1) is 40.4. The summed E-state index contributed by atoms with van der Waals surface area (Å²) in [5, 5.41) is 11.6. The third kappa shape index (κ3) is 11.6. The SMILES string of the molecule is CC1(C)OC[C@H](NC(=O)Nc2ccc(Br)cc2Br)[C@H](c2ccccc2)O1.CC1(C)OC[C@H](NC(=O)Nc2ccc(Br)cc2Br)[C@H](c2ccccc2)O1. The summed E-state index contributed by atoms with van der Waals surface area (Å²) in [5.41, 5.74) is 3.36. The van der Waals surface area contributed by atoms with Crippen molar-refractivity contribution < 1.29 is 28.5 Å². The van der Waals surface area contributed by atoms with Crippen molar-refractivity contribution in [2.45, 2.75) is 63.6 Å². The van der Waals surface area contributed by atoms with Crippen molar-refractivity contribution in [2.24, 2.45) is 0 Å². The molecule has 4 amide bonds. The molecule has 2 saturated heterocycles. The van der Waals surface area contributed by atoms with Crippen LogP contribution in [0.1, 0.15) is 51.0 Å². The van der Waals surface area contributed by atoms with Crippen LogP contribution in [0.2, 0.25) is 0 Å². The van der Waals surface area contributed by atoms with E-state index in [1.165, 1.54) is 0 Å². The van der Waals surface area contributed by atoms with E-state index >= 15 is 0 Å². The van der Waals surface area contributed by atoms with E-state index in [1.54, 1.807) is 0 Å². The maximum absolute atomic E-state index is 12.5. The molecule has 10 nitrogen and oxygen atoms in total. The number of amides is 4. The fourth-order valence-corrected chi connectivity index (χ4v) is 7.85. The third-order valence-corrected chi connectivity index (χ3v) is 10.3. The fraction of sp³-hybridized carbons (Fsp3) is 0.316. The van der Waals surface area contributed by atoms with Crippen molar-refractivity contribution in [2.75, 3.05) is 23.8 Å². The summed E-state index contributed by atoms with van der Waals surface area (Å²) < 4.78 is 27.1. The maximum Gasteiger partial charge on any atom is 0.319 e. The van der Waals surface area contributed by atoms with Gasteiger partial charge in [-0.1, -0.05) is 92.5 Å². The highest BCUT2D eigenvalue weighted by Crippen LogP contribution is 2.35. The van der Waals surface area contributed by atoms with Crippen LogP contribution in [0.15, 0.2) is 115 Å². The van der Waals surface area contributed by atoms with Gasteiger partial charge in [0, 0.05) is 17.9 Å². The van der Waals surface area contributed by atoms with Gasteiger partial charge in [0.2, 0.25) is 0 Å². The molecule has 14 heteroatoms. The molecule has 2 aliphatic rings. The van der Waals surface area contributed by atoms with E-state index < -0.39 is 11.6 Å². The lowest BCUT2D eigenvalue weighted by Gasteiger charge is -2.41. The van der Waals surface area contributed by atoms with Gasteiger partial charge in [0.15, 0.2) is 11.6 Å². The van der Waals surface area contributed by atoms with E-state index in [-0.39, 0.29) is 36.4 Å². The van der Waals surface area contributed by atoms with Crippen molar-refractivity contribution >= 4 is 87.2 Å². The van der Waals surface area contributed by atoms with Gasteiger partial charge in [0.05, 0.1) is 36.7 Å². The molecule has 0 aliphatic carbocycles. The zero-order chi connectivity index (χ0) is 37.5. The zero-order valence-corrected chi connectivity index (χ0v) is 35.3. The van der Waals surface area contributed by atoms with Gasteiger partial charge in [-0.3, -0.25) is 0 Å². The molecule has 4 aromatic rings. The zero-order valence-electron chi connectivity index (χ0n) is 28.9. The number of hydrogen-bond donors (Lipinski definition) is 4. The molecule has 0 unspecified atom stereocenters. The summed E-state index contributed by atoms with van der Waals surface area (Å²) in [6, 6.07) is 29.6. The largest absolute Gasteiger partial charge is 0.348 e. The molecule has 0 bridgehead atoms. The first-order valence-corrected chi connectivity index (χ1v) is 19.6. The molecular formula is C38H40Br4N4O6. The van der Waals surface area contributed by atoms with E-state index in [9.17, 15) is 9.59 Å². The molecule has 52 heavy (non-hydrogen) atoms. The molecular weight excluding hydrogens is 928 g/mol. The highest BCUT2D eigenvalue weighted by atomic mass is 79.9. The Morgan fingerprint density at radius 2 is 0.942 bits per heavy atom. The number of nitrogens with one attached hydrogen (secondary N) is 4. The Balaban J connectivity index is 0.000000201. The van der Waals surface area contributed by atoms with E-state index in [1.807, 2.05) is 125 Å². The molecule has 4 N–H and O–H groups in total. The van der Waals surface area contributed by atoms with Gasteiger partial charge < -0.3 is 40.2 Å². The number of urea groups is 2. The smallest absolute Gasteiger partial charge is 0.319 e. The average Bonchev–Trinajstić information content (AvgIpc) is 3.10. The van der Waals surface area contributed by atoms with Crippen LogP contribution >= 0.6 is 63.7 Å². The van der Waals surface area contributed by atoms with Gasteiger partial charge in [-0.2, -0.15) is 0 Å². The van der Waals surface area contributed by atoms with Crippen LogP contribution in [0.5, 0.6) is 0 Å². The molecule has 6 rings (SSSR count). The second-order valence-corrected chi connectivity index (χ2v) is 16.5. The number of anilines is 2. The first-order valence-electron chi connectivity index (χ1n) is 16.5. The van der Waals surface area contributed by atoms with Crippen LogP contribution in [0.25, 0.3) is 0 Å². The van der Waals surface area contributed by atoms with Gasteiger partial charge in [-0.25, -0.2) is 9.59 Å². The van der Waals surface area contributed by atoms with E-state index in [4.69, 9.17) is 18.9 Å². The number of benzene rings is 4. The summed E-state index contributed by atoms with van der Waals surface area (Å²) in [6.45, 7) is 8.22. The third-order valence-electron chi connectivity index (χ3n) is 8.02. The van der Waals surface area contributed by atoms with E-state index in [0.717, 1.165) is 29.0 Å². The molecule has 4 aromatic carbocycles. The number of carbonyl (C=O) groups excluding carboxylic acids is 2. The van der Waals surface area contributed by atoms with Crippen molar-refractivity contribution in [1.82, 2.24) is 10.6 Å². The van der Waals surface area contributed by atoms with Crippen LogP contribution in [-0.4, -0.2) is 48.9 Å². The summed E-state index contributed by atoms with van der Waals surface area (Å²) in [4.78, 5) is 25.0. The molecule has 2 aliphatic heterocycles. The predicted molar refractivity (Wildman–Crippen MR) is 216 cm³/mol. The predicted octanol–water partition coefficient (Wildman–Crippen LogP) is 10.5. The van der Waals surface area contributed by atoms with E-state index in [2.05, 4.69) is 85.0 Å². The summed E-state index contributed by atoms with van der Waals surface area (Å²) >= 11 is 13.7. The Kier molecular flexibility index (Phi) is 14.0. The monoisotopic (exact) mass is 964 g/mol. The van der Waals surface area contributed by atoms with Gasteiger partial charge >= 0.3 is 12.1 Å². The van der Waals surface area contributed by atoms with Crippen LogP contribution < -0.4 is 21.3 Å². The summed E-state index contributed by atoms with van der Waals surface area (Å²) in [6.07, 6.45) is -0.585. The molecule has 0 spiro atoms. The number of ether oxygens (including phenoxy) is 4. The lowest BCUT2D eigenvalue weighted by atomic mass is 10.0. The fourth-order valence-electron chi connectivity index (χ4n) is 5.56. The Morgan fingerprint density at radius 3 is 1.29 bits per heavy atom. The number of rotatable bonds is 6. The molecule has 276 valence electrons. The summed E-state index contributed by atoms with van der Waals surface area (Å²) in [5.74, 6) is -1.41. The van der Waals surface area contributed by atoms with Gasteiger partial charge in [-0.15, -0.1) is 0 Å². The lowest BCUT2D eigenvalue weighted by molar-refractivity contribution is -0.284. The number of hydrogen-bond acceptors (Lipinski definition) is 6. The molecule has 0 saturated carbocycles. The second-order valence-electron chi connectivity index (χ2n) is 13.0. The van der Waals surface area contributed by atoms with Gasteiger partial charge in [0.1, 0.15) is 12.2 Å². The first-order chi connectivity index (χ1) is 24.7. The Morgan fingerprint density at radius 1 is 0.577 bits per heavy atom. The number of halogens is 4. The summed E-state index contributed by atoms with van der Waals surface area (Å²) in [7, 11) is 0. The van der Waals surface area contributed by atoms with Crippen molar-refractivity contribution in [3.63, 3.8) is 0 Å². The van der Waals surface area contributed by atoms with Gasteiger partial charge in [0.25, 0.3) is 0 Å². The quantitative estimate of drug-likeness (QED) is 0.153. The van der Waals surface area contributed by atoms with Crippen LogP contribution in [-0.2, 0) is 18.9 Å². The highest BCUT2D eigenvalue weighted by Gasteiger charge is 2.39. The number of carbonyl (C=O) groups is 2. The average molecular weight is 968 g/mol.